The minimum Gasteiger partial charge on any atom is -0.325 e. The van der Waals surface area contributed by atoms with Crippen LogP contribution in [0.4, 0.5) is 5.69 Å². The van der Waals surface area contributed by atoms with Crippen molar-refractivity contribution in [2.24, 2.45) is 0 Å². The first kappa shape index (κ1) is 19.8. The van der Waals surface area contributed by atoms with Gasteiger partial charge < -0.3 is 5.32 Å². The molecule has 0 bridgehead atoms. The number of benzene rings is 2. The van der Waals surface area contributed by atoms with E-state index in [0.717, 1.165) is 39.3 Å². The molecule has 3 rings (SSSR count). The number of hydrogen-bond donors (Lipinski definition) is 2. The van der Waals surface area contributed by atoms with Gasteiger partial charge in [-0.2, -0.15) is 0 Å². The van der Waals surface area contributed by atoms with Crippen molar-refractivity contribution in [2.75, 3.05) is 11.1 Å². The topological polar surface area (TPSA) is 70.7 Å². The van der Waals surface area contributed by atoms with E-state index in [1.807, 2.05) is 55.5 Å². The number of aromatic amines is 1. The lowest BCUT2D eigenvalue weighted by Gasteiger charge is -2.06. The van der Waals surface area contributed by atoms with Crippen LogP contribution in [0.15, 0.2) is 58.6 Å². The molecular formula is C19H19ClN4OS2. The van der Waals surface area contributed by atoms with Crippen LogP contribution < -0.4 is 5.32 Å². The minimum absolute atomic E-state index is 0.0371. The average Bonchev–Trinajstić information content (AvgIpc) is 3.15. The Morgan fingerprint density at radius 2 is 1.85 bits per heavy atom. The average molecular weight is 419 g/mol. The van der Waals surface area contributed by atoms with Gasteiger partial charge in [-0.3, -0.25) is 9.89 Å². The van der Waals surface area contributed by atoms with E-state index < -0.39 is 0 Å². The van der Waals surface area contributed by atoms with Gasteiger partial charge in [0.1, 0.15) is 5.82 Å². The molecule has 0 atom stereocenters. The largest absolute Gasteiger partial charge is 0.325 e. The van der Waals surface area contributed by atoms with E-state index in [9.17, 15) is 4.79 Å². The monoisotopic (exact) mass is 418 g/mol. The molecule has 2 N–H and O–H groups in total. The van der Waals surface area contributed by atoms with Gasteiger partial charge in [-0.25, -0.2) is 4.98 Å². The highest BCUT2D eigenvalue weighted by atomic mass is 35.5. The number of halogens is 1. The van der Waals surface area contributed by atoms with E-state index in [1.54, 1.807) is 11.8 Å². The van der Waals surface area contributed by atoms with Gasteiger partial charge in [0.05, 0.1) is 5.75 Å². The number of carbonyl (C=O) groups is 1. The highest BCUT2D eigenvalue weighted by Crippen LogP contribution is 2.22. The molecule has 0 spiro atoms. The summed E-state index contributed by atoms with van der Waals surface area (Å²) in [5.74, 6) is 1.99. The highest BCUT2D eigenvalue weighted by Gasteiger charge is 2.06. The van der Waals surface area contributed by atoms with E-state index >= 15 is 0 Å². The van der Waals surface area contributed by atoms with Gasteiger partial charge in [0.15, 0.2) is 0 Å². The Balaban J connectivity index is 1.45. The Labute approximate surface area is 171 Å². The van der Waals surface area contributed by atoms with Gasteiger partial charge in [0, 0.05) is 27.8 Å². The normalized spacial score (nSPS) is 10.7. The van der Waals surface area contributed by atoms with Crippen LogP contribution in [0.5, 0.6) is 0 Å². The maximum atomic E-state index is 12.1. The molecule has 5 nitrogen and oxygen atoms in total. The van der Waals surface area contributed by atoms with E-state index in [4.69, 9.17) is 11.6 Å². The minimum atomic E-state index is -0.0371. The van der Waals surface area contributed by atoms with E-state index in [0.29, 0.717) is 10.8 Å². The second kappa shape index (κ2) is 9.82. The Morgan fingerprint density at radius 3 is 2.52 bits per heavy atom. The van der Waals surface area contributed by atoms with Crippen LogP contribution in [0, 0.1) is 0 Å². The lowest BCUT2D eigenvalue weighted by Crippen LogP contribution is -2.13. The first-order valence-corrected chi connectivity index (χ1v) is 10.8. The zero-order valence-electron chi connectivity index (χ0n) is 14.7. The molecule has 0 radical (unpaired) electrons. The number of thioether (sulfide) groups is 2. The standard InChI is InChI=1S/C19H19ClN4OS2/c1-2-17-22-19(24-23-17)27-11-13-3-7-15(8-4-13)21-18(25)12-26-16-9-5-14(20)6-10-16/h3-10H,2,11-12H2,1H3,(H,21,25)(H,22,23,24). The number of aryl methyl sites for hydroxylation is 1. The molecule has 1 amide bonds. The Kier molecular flexibility index (Phi) is 7.20. The fourth-order valence-electron chi connectivity index (χ4n) is 2.21. The smallest absolute Gasteiger partial charge is 0.234 e. The SMILES string of the molecule is CCc1nc(SCc2ccc(NC(=O)CSc3ccc(Cl)cc3)cc2)n[nH]1. The maximum absolute atomic E-state index is 12.1. The van der Waals surface area contributed by atoms with Crippen LogP contribution in [0.2, 0.25) is 5.02 Å². The van der Waals surface area contributed by atoms with Crippen LogP contribution in [0.1, 0.15) is 18.3 Å². The third-order valence-electron chi connectivity index (χ3n) is 3.64. The predicted octanol–water partition coefficient (Wildman–Crippen LogP) is 5.04. The molecule has 140 valence electrons. The van der Waals surface area contributed by atoms with Gasteiger partial charge >= 0.3 is 0 Å². The highest BCUT2D eigenvalue weighted by molar-refractivity contribution is 8.00. The third kappa shape index (κ3) is 6.30. The molecule has 3 aromatic rings. The molecule has 0 aliphatic rings. The fourth-order valence-corrected chi connectivity index (χ4v) is 3.81. The van der Waals surface area contributed by atoms with Gasteiger partial charge in [0.2, 0.25) is 11.1 Å². The molecule has 0 aliphatic carbocycles. The van der Waals surface area contributed by atoms with Gasteiger partial charge in [-0.1, -0.05) is 42.4 Å². The Morgan fingerprint density at radius 1 is 1.11 bits per heavy atom. The molecule has 1 heterocycles. The van der Waals surface area contributed by atoms with Crippen molar-refractivity contribution in [1.29, 1.82) is 0 Å². The molecule has 8 heteroatoms. The van der Waals surface area contributed by atoms with Crippen molar-refractivity contribution in [3.05, 3.63) is 64.9 Å². The molecule has 1 aromatic heterocycles. The number of rotatable bonds is 8. The molecule has 0 saturated heterocycles. The number of nitrogens with zero attached hydrogens (tertiary/aromatic N) is 2. The quantitative estimate of drug-likeness (QED) is 0.501. The first-order valence-electron chi connectivity index (χ1n) is 8.43. The summed E-state index contributed by atoms with van der Waals surface area (Å²) in [5, 5.41) is 11.4. The number of anilines is 1. The zero-order valence-corrected chi connectivity index (χ0v) is 17.1. The van der Waals surface area contributed by atoms with Crippen LogP contribution >= 0.6 is 35.1 Å². The number of hydrogen-bond acceptors (Lipinski definition) is 5. The number of amides is 1. The molecule has 0 saturated carbocycles. The second-order valence-electron chi connectivity index (χ2n) is 5.69. The fraction of sp³-hybridized carbons (Fsp3) is 0.211. The lowest BCUT2D eigenvalue weighted by atomic mass is 10.2. The van der Waals surface area contributed by atoms with Crippen molar-refractivity contribution in [3.8, 4) is 0 Å². The van der Waals surface area contributed by atoms with Crippen molar-refractivity contribution in [3.63, 3.8) is 0 Å². The molecular weight excluding hydrogens is 400 g/mol. The van der Waals surface area contributed by atoms with Crippen molar-refractivity contribution in [2.45, 2.75) is 29.1 Å². The number of H-pyrrole nitrogens is 1. The Hall–Kier alpha value is -1.96. The summed E-state index contributed by atoms with van der Waals surface area (Å²) in [6, 6.07) is 15.3. The molecule has 0 fully saturated rings. The van der Waals surface area contributed by atoms with Crippen molar-refractivity contribution in [1.82, 2.24) is 15.2 Å². The van der Waals surface area contributed by atoms with Gasteiger partial charge in [0.25, 0.3) is 0 Å². The van der Waals surface area contributed by atoms with Crippen LogP contribution in [0.3, 0.4) is 0 Å². The summed E-state index contributed by atoms with van der Waals surface area (Å²) in [4.78, 5) is 17.5. The van der Waals surface area contributed by atoms with Crippen LogP contribution in [-0.4, -0.2) is 26.8 Å². The second-order valence-corrected chi connectivity index (χ2v) is 8.12. The van der Waals surface area contributed by atoms with Gasteiger partial charge in [-0.05, 0) is 42.0 Å². The predicted molar refractivity (Wildman–Crippen MR) is 113 cm³/mol. The summed E-state index contributed by atoms with van der Waals surface area (Å²) in [5.41, 5.74) is 1.94. The summed E-state index contributed by atoms with van der Waals surface area (Å²) in [6.07, 6.45) is 0.845. The number of aromatic nitrogens is 3. The van der Waals surface area contributed by atoms with E-state index in [1.165, 1.54) is 11.8 Å². The summed E-state index contributed by atoms with van der Waals surface area (Å²) >= 11 is 8.92. The van der Waals surface area contributed by atoms with E-state index in [-0.39, 0.29) is 5.91 Å². The van der Waals surface area contributed by atoms with E-state index in [2.05, 4.69) is 20.5 Å². The number of carbonyl (C=O) groups excluding carboxylic acids is 1. The molecule has 0 unspecified atom stereocenters. The van der Waals surface area contributed by atoms with Crippen LogP contribution in [-0.2, 0) is 17.0 Å². The zero-order chi connectivity index (χ0) is 19.1. The maximum Gasteiger partial charge on any atom is 0.234 e. The van der Waals surface area contributed by atoms with Crippen LogP contribution in [0.25, 0.3) is 0 Å². The van der Waals surface area contributed by atoms with Gasteiger partial charge in [-0.15, -0.1) is 16.9 Å². The summed E-state index contributed by atoms with van der Waals surface area (Å²) in [6.45, 7) is 2.04. The number of nitrogens with one attached hydrogen (secondary N) is 2. The third-order valence-corrected chi connectivity index (χ3v) is 5.82. The molecule has 0 aliphatic heterocycles. The summed E-state index contributed by atoms with van der Waals surface area (Å²) in [7, 11) is 0. The Bertz CT molecular complexity index is 881. The molecule has 2 aromatic carbocycles. The van der Waals surface area contributed by atoms with Crippen molar-refractivity contribution >= 4 is 46.7 Å². The van der Waals surface area contributed by atoms with Crippen molar-refractivity contribution < 1.29 is 4.79 Å². The lowest BCUT2D eigenvalue weighted by molar-refractivity contribution is -0.113. The first-order chi connectivity index (χ1) is 13.1. The molecule has 27 heavy (non-hydrogen) atoms. The summed E-state index contributed by atoms with van der Waals surface area (Å²) < 4.78 is 0.